The lowest BCUT2D eigenvalue weighted by Gasteiger charge is -2.19. The number of halogens is 1. The molecule has 4 rings (SSSR count). The fourth-order valence-corrected chi connectivity index (χ4v) is 5.06. The van der Waals surface area contributed by atoms with Crippen LogP contribution in [0.15, 0.2) is 55.0 Å². The largest absolute Gasteiger partial charge is 0.465 e. The summed E-state index contributed by atoms with van der Waals surface area (Å²) in [7, 11) is -1.15. The lowest BCUT2D eigenvalue weighted by molar-refractivity contribution is 0.0791. The predicted octanol–water partition coefficient (Wildman–Crippen LogP) is 5.59. The van der Waals surface area contributed by atoms with Crippen molar-refractivity contribution in [1.29, 1.82) is 0 Å². The summed E-state index contributed by atoms with van der Waals surface area (Å²) < 4.78 is 22.9. The fourth-order valence-electron chi connectivity index (χ4n) is 4.30. The molecule has 1 amide bonds. The number of aryl methyl sites for hydroxylation is 1. The van der Waals surface area contributed by atoms with E-state index in [0.29, 0.717) is 25.5 Å². The number of nitrogens with zero attached hydrogens (tertiary/aromatic N) is 4. The molecule has 0 saturated heterocycles. The van der Waals surface area contributed by atoms with Crippen LogP contribution in [-0.4, -0.2) is 45.2 Å². The number of ether oxygens (including phenoxy) is 1. The van der Waals surface area contributed by atoms with Crippen molar-refractivity contribution in [3.8, 4) is 0 Å². The average Bonchev–Trinajstić information content (AvgIpc) is 3.44. The smallest absolute Gasteiger partial charge is 0.405 e. The number of nitrogens with one attached hydrogen (secondary N) is 1. The summed E-state index contributed by atoms with van der Waals surface area (Å²) >= 11 is 0. The van der Waals surface area contributed by atoms with Crippen molar-refractivity contribution < 1.29 is 19.0 Å². The Morgan fingerprint density at radius 3 is 2.65 bits per heavy atom. The molecule has 0 aliphatic heterocycles. The summed E-state index contributed by atoms with van der Waals surface area (Å²) in [6.45, 7) is 10.6. The Morgan fingerprint density at radius 1 is 1.19 bits per heavy atom. The maximum atomic E-state index is 13.3. The average molecular weight is 524 g/mol. The van der Waals surface area contributed by atoms with Gasteiger partial charge in [-0.2, -0.15) is 5.10 Å². The van der Waals surface area contributed by atoms with Gasteiger partial charge in [0.15, 0.2) is 0 Å². The summed E-state index contributed by atoms with van der Waals surface area (Å²) in [5, 5.41) is 17.8. The number of amides is 1. The highest BCUT2D eigenvalue weighted by molar-refractivity contribution is 6.76. The van der Waals surface area contributed by atoms with Crippen LogP contribution in [0.3, 0.4) is 0 Å². The number of fused-ring (bicyclic) bond motifs is 1. The minimum Gasteiger partial charge on any atom is -0.465 e. The minimum absolute atomic E-state index is 0.299. The van der Waals surface area contributed by atoms with Gasteiger partial charge in [-0.15, -0.1) is 0 Å². The number of hydrogen-bond acceptors (Lipinski definition) is 4. The van der Waals surface area contributed by atoms with Crippen LogP contribution in [0, 0.1) is 12.7 Å². The predicted molar refractivity (Wildman–Crippen MR) is 144 cm³/mol. The molecule has 2 N–H and O–H groups in total. The van der Waals surface area contributed by atoms with E-state index in [1.165, 1.54) is 12.1 Å². The van der Waals surface area contributed by atoms with Crippen LogP contribution >= 0.6 is 0 Å². The fraction of sp³-hybridized carbons (Fsp3) is 0.370. The van der Waals surface area contributed by atoms with Crippen LogP contribution in [-0.2, 0) is 24.4 Å². The molecular weight excluding hydrogens is 489 g/mol. The molecule has 8 nitrogen and oxygen atoms in total. The van der Waals surface area contributed by atoms with Crippen LogP contribution < -0.4 is 5.32 Å². The Bertz CT molecular complexity index is 1360. The van der Waals surface area contributed by atoms with Crippen molar-refractivity contribution in [1.82, 2.24) is 24.6 Å². The zero-order valence-electron chi connectivity index (χ0n) is 21.7. The van der Waals surface area contributed by atoms with E-state index >= 15 is 0 Å². The molecule has 10 heteroatoms. The Morgan fingerprint density at radius 2 is 1.95 bits per heavy atom. The zero-order valence-corrected chi connectivity index (χ0v) is 22.7. The van der Waals surface area contributed by atoms with E-state index < -0.39 is 20.2 Å². The highest BCUT2D eigenvalue weighted by Gasteiger charge is 2.21. The first kappa shape index (κ1) is 26.6. The van der Waals surface area contributed by atoms with Gasteiger partial charge in [-0.3, -0.25) is 0 Å². The first-order valence-electron chi connectivity index (χ1n) is 12.4. The molecule has 0 aliphatic rings. The number of aromatic nitrogens is 4. The van der Waals surface area contributed by atoms with E-state index in [4.69, 9.17) is 4.74 Å². The summed E-state index contributed by atoms with van der Waals surface area (Å²) in [5.41, 5.74) is 3.78. The quantitative estimate of drug-likeness (QED) is 0.197. The van der Waals surface area contributed by atoms with Gasteiger partial charge in [-0.25, -0.2) is 18.9 Å². The second-order valence-electron chi connectivity index (χ2n) is 10.6. The molecule has 4 aromatic rings. The van der Waals surface area contributed by atoms with Crippen LogP contribution in [0.1, 0.15) is 28.6 Å². The van der Waals surface area contributed by atoms with Gasteiger partial charge >= 0.3 is 6.09 Å². The maximum Gasteiger partial charge on any atom is 0.405 e. The molecule has 0 saturated carbocycles. The molecule has 196 valence electrons. The van der Waals surface area contributed by atoms with Gasteiger partial charge in [0.05, 0.1) is 11.6 Å². The topological polar surface area (TPSA) is 94.2 Å². The third kappa shape index (κ3) is 7.27. The number of rotatable bonds is 11. The lowest BCUT2D eigenvalue weighted by Crippen LogP contribution is -2.30. The molecule has 0 radical (unpaired) electrons. The monoisotopic (exact) mass is 523 g/mol. The van der Waals surface area contributed by atoms with Crippen molar-refractivity contribution in [2.45, 2.75) is 58.3 Å². The molecule has 1 unspecified atom stereocenters. The van der Waals surface area contributed by atoms with E-state index in [2.05, 4.69) is 35.0 Å². The van der Waals surface area contributed by atoms with Crippen LogP contribution in [0.2, 0.25) is 25.7 Å². The molecule has 0 fully saturated rings. The molecule has 0 bridgehead atoms. The third-order valence-corrected chi connectivity index (χ3v) is 7.89. The Kier molecular flexibility index (Phi) is 8.09. The van der Waals surface area contributed by atoms with Crippen molar-refractivity contribution in [2.24, 2.45) is 0 Å². The number of carbonyl (C=O) groups is 1. The second kappa shape index (κ2) is 11.3. The maximum absolute atomic E-state index is 13.3. The van der Waals surface area contributed by atoms with Crippen molar-refractivity contribution in [2.75, 3.05) is 6.61 Å². The van der Waals surface area contributed by atoms with Gasteiger partial charge in [-0.05, 0) is 47.9 Å². The molecular formula is C27H34FN5O3Si. The Hall–Kier alpha value is -3.50. The Labute approximate surface area is 217 Å². The third-order valence-electron chi connectivity index (χ3n) is 6.19. The van der Waals surface area contributed by atoms with Gasteiger partial charge in [0.25, 0.3) is 0 Å². The van der Waals surface area contributed by atoms with E-state index in [-0.39, 0.29) is 5.82 Å². The van der Waals surface area contributed by atoms with Gasteiger partial charge in [0.1, 0.15) is 18.4 Å². The molecule has 1 atom stereocenters. The van der Waals surface area contributed by atoms with Crippen molar-refractivity contribution >= 4 is 25.1 Å². The first-order chi connectivity index (χ1) is 17.6. The van der Waals surface area contributed by atoms with E-state index in [9.17, 15) is 14.3 Å². The van der Waals surface area contributed by atoms with Crippen LogP contribution in [0.25, 0.3) is 10.9 Å². The molecule has 37 heavy (non-hydrogen) atoms. The summed E-state index contributed by atoms with van der Waals surface area (Å²) in [5.74, 6) is 0.295. The molecule has 2 aromatic heterocycles. The lowest BCUT2D eigenvalue weighted by atomic mass is 10.0. The number of benzene rings is 2. The van der Waals surface area contributed by atoms with Crippen molar-refractivity contribution in [3.63, 3.8) is 0 Å². The number of imidazole rings is 1. The van der Waals surface area contributed by atoms with E-state index in [1.54, 1.807) is 24.5 Å². The van der Waals surface area contributed by atoms with Crippen molar-refractivity contribution in [3.05, 3.63) is 83.3 Å². The van der Waals surface area contributed by atoms with Gasteiger partial charge in [0, 0.05) is 51.6 Å². The van der Waals surface area contributed by atoms with Gasteiger partial charge < -0.3 is 19.7 Å². The highest BCUT2D eigenvalue weighted by atomic mass is 28.3. The van der Waals surface area contributed by atoms with Crippen LogP contribution in [0.5, 0.6) is 0 Å². The first-order valence-corrected chi connectivity index (χ1v) is 16.1. The standard InChI is InChI=1S/C27H34FN5O3Si/c1-19-13-21(14-22-17-33(31-25(19)22)18-36-11-12-37(2,3)4)15-24(30-27(34)35)26-29-9-10-32(26)16-20-5-7-23(28)8-6-20/h5-10,13-14,17,24,30H,11-12,15-16,18H2,1-4H3,(H,34,35). The van der Waals surface area contributed by atoms with E-state index in [1.807, 2.05) is 34.5 Å². The summed E-state index contributed by atoms with van der Waals surface area (Å²) in [6, 6.07) is 10.9. The zero-order chi connectivity index (χ0) is 26.6. The SMILES string of the molecule is Cc1cc(CC(NC(=O)O)c2nccn2Cc2ccc(F)cc2)cc2cn(COCC[Si](C)(C)C)nc12. The van der Waals surface area contributed by atoms with Gasteiger partial charge in [-0.1, -0.05) is 37.8 Å². The normalized spacial score (nSPS) is 12.7. The Balaban J connectivity index is 1.53. The number of hydrogen-bond donors (Lipinski definition) is 2. The highest BCUT2D eigenvalue weighted by Crippen LogP contribution is 2.24. The number of carboxylic acid groups (broad SMARTS) is 1. The molecule has 2 aromatic carbocycles. The molecule has 2 heterocycles. The van der Waals surface area contributed by atoms with E-state index in [0.717, 1.165) is 40.2 Å². The van der Waals surface area contributed by atoms with Gasteiger partial charge in [0.2, 0.25) is 0 Å². The molecule has 0 spiro atoms. The summed E-state index contributed by atoms with van der Waals surface area (Å²) in [4.78, 5) is 16.1. The summed E-state index contributed by atoms with van der Waals surface area (Å²) in [6.07, 6.45) is 4.71. The minimum atomic E-state index is -1.15. The second-order valence-corrected chi connectivity index (χ2v) is 16.2. The molecule has 0 aliphatic carbocycles. The van der Waals surface area contributed by atoms with Crippen LogP contribution in [0.4, 0.5) is 9.18 Å².